The second kappa shape index (κ2) is 3.82. The van der Waals surface area contributed by atoms with Crippen LogP contribution in [0, 0.1) is 0 Å². The molecule has 1 aliphatic heterocycles. The number of carbonyl (C=O) groups is 1. The van der Waals surface area contributed by atoms with Gasteiger partial charge in [-0.1, -0.05) is 0 Å². The molecule has 1 aliphatic rings. The van der Waals surface area contributed by atoms with E-state index in [1.54, 1.807) is 12.5 Å². The zero-order valence-electron chi connectivity index (χ0n) is 8.39. The number of imidazole rings is 1. The molecule has 0 saturated carbocycles. The summed E-state index contributed by atoms with van der Waals surface area (Å²) in [6.45, 7) is 3.44. The second-order valence-corrected chi connectivity index (χ2v) is 3.81. The third-order valence-corrected chi connectivity index (χ3v) is 2.75. The molecule has 1 fully saturated rings. The number of carbonyl (C=O) groups excluding carboxylic acids is 1. The van der Waals surface area contributed by atoms with Crippen molar-refractivity contribution in [1.82, 2.24) is 14.5 Å². The Bertz CT molecular complexity index is 307. The van der Waals surface area contributed by atoms with Gasteiger partial charge in [0.2, 0.25) is 5.91 Å². The van der Waals surface area contributed by atoms with Crippen LogP contribution in [-0.2, 0) is 11.3 Å². The lowest BCUT2D eigenvalue weighted by molar-refractivity contribution is -0.132. The van der Waals surface area contributed by atoms with Crippen LogP contribution < -0.4 is 0 Å². The van der Waals surface area contributed by atoms with Crippen LogP contribution in [0.4, 0.5) is 0 Å². The van der Waals surface area contributed by atoms with E-state index in [0.717, 1.165) is 19.4 Å². The van der Waals surface area contributed by atoms with Gasteiger partial charge in [-0.05, 0) is 19.8 Å². The molecule has 1 saturated heterocycles. The maximum Gasteiger partial charge on any atom is 0.242 e. The fraction of sp³-hybridized carbons (Fsp3) is 0.600. The van der Waals surface area contributed by atoms with Gasteiger partial charge in [-0.3, -0.25) is 4.79 Å². The van der Waals surface area contributed by atoms with Gasteiger partial charge < -0.3 is 9.47 Å². The van der Waals surface area contributed by atoms with Gasteiger partial charge in [-0.2, -0.15) is 0 Å². The summed E-state index contributed by atoms with van der Waals surface area (Å²) in [6, 6.07) is 0.408. The Morgan fingerprint density at radius 1 is 1.64 bits per heavy atom. The summed E-state index contributed by atoms with van der Waals surface area (Å²) in [6.07, 6.45) is 7.46. The molecule has 1 aromatic rings. The number of rotatable bonds is 2. The minimum atomic E-state index is 0.202. The van der Waals surface area contributed by atoms with Crippen LogP contribution in [0.15, 0.2) is 18.7 Å². The predicted molar refractivity (Wildman–Crippen MR) is 52.6 cm³/mol. The zero-order chi connectivity index (χ0) is 9.97. The first-order valence-electron chi connectivity index (χ1n) is 5.02. The molecule has 1 amide bonds. The quantitative estimate of drug-likeness (QED) is 0.699. The predicted octanol–water partition coefficient (Wildman–Crippen LogP) is 0.894. The Hall–Kier alpha value is -1.32. The van der Waals surface area contributed by atoms with Crippen molar-refractivity contribution in [3.05, 3.63) is 18.7 Å². The fourth-order valence-electron chi connectivity index (χ4n) is 1.93. The van der Waals surface area contributed by atoms with Crippen LogP contribution in [0.5, 0.6) is 0 Å². The zero-order valence-corrected chi connectivity index (χ0v) is 8.39. The van der Waals surface area contributed by atoms with E-state index < -0.39 is 0 Å². The number of amides is 1. The lowest BCUT2D eigenvalue weighted by Gasteiger charge is -2.21. The maximum absolute atomic E-state index is 11.8. The Morgan fingerprint density at radius 2 is 2.50 bits per heavy atom. The third-order valence-electron chi connectivity index (χ3n) is 2.75. The van der Waals surface area contributed by atoms with Crippen molar-refractivity contribution >= 4 is 5.91 Å². The molecular weight excluding hydrogens is 178 g/mol. The molecule has 4 nitrogen and oxygen atoms in total. The van der Waals surface area contributed by atoms with Gasteiger partial charge in [0.15, 0.2) is 0 Å². The highest BCUT2D eigenvalue weighted by molar-refractivity contribution is 5.76. The van der Waals surface area contributed by atoms with E-state index in [0.29, 0.717) is 12.6 Å². The number of hydrogen-bond acceptors (Lipinski definition) is 2. The van der Waals surface area contributed by atoms with Gasteiger partial charge in [0, 0.05) is 25.0 Å². The van der Waals surface area contributed by atoms with Crippen molar-refractivity contribution in [2.45, 2.75) is 32.4 Å². The van der Waals surface area contributed by atoms with Gasteiger partial charge in [0.1, 0.15) is 6.54 Å². The van der Waals surface area contributed by atoms with E-state index in [-0.39, 0.29) is 5.91 Å². The Morgan fingerprint density at radius 3 is 3.07 bits per heavy atom. The molecule has 0 bridgehead atoms. The molecule has 0 spiro atoms. The van der Waals surface area contributed by atoms with Gasteiger partial charge in [-0.15, -0.1) is 0 Å². The third kappa shape index (κ3) is 1.78. The van der Waals surface area contributed by atoms with Crippen molar-refractivity contribution in [3.8, 4) is 0 Å². The first-order valence-corrected chi connectivity index (χ1v) is 5.02. The minimum Gasteiger partial charge on any atom is -0.338 e. The number of nitrogens with zero attached hydrogens (tertiary/aromatic N) is 3. The van der Waals surface area contributed by atoms with Crippen LogP contribution in [0.25, 0.3) is 0 Å². The Kier molecular flexibility index (Phi) is 2.52. The summed E-state index contributed by atoms with van der Waals surface area (Å²) in [7, 11) is 0. The average Bonchev–Trinajstić information content (AvgIpc) is 2.75. The minimum absolute atomic E-state index is 0.202. The van der Waals surface area contributed by atoms with Crippen molar-refractivity contribution < 1.29 is 4.79 Å². The van der Waals surface area contributed by atoms with Gasteiger partial charge >= 0.3 is 0 Å². The number of aromatic nitrogens is 2. The average molecular weight is 193 g/mol. The van der Waals surface area contributed by atoms with Crippen LogP contribution in [0.2, 0.25) is 0 Å². The number of hydrogen-bond donors (Lipinski definition) is 0. The second-order valence-electron chi connectivity index (χ2n) is 3.81. The van der Waals surface area contributed by atoms with Crippen LogP contribution in [0.1, 0.15) is 19.8 Å². The van der Waals surface area contributed by atoms with Crippen molar-refractivity contribution in [3.63, 3.8) is 0 Å². The molecule has 0 N–H and O–H groups in total. The first-order chi connectivity index (χ1) is 6.77. The van der Waals surface area contributed by atoms with Gasteiger partial charge in [-0.25, -0.2) is 4.98 Å². The standard InChI is InChI=1S/C10H15N3O/c1-9-3-2-5-13(9)10(14)7-12-6-4-11-8-12/h4,6,8-9H,2-3,5,7H2,1H3. The summed E-state index contributed by atoms with van der Waals surface area (Å²) in [5.74, 6) is 0.202. The maximum atomic E-state index is 11.8. The smallest absolute Gasteiger partial charge is 0.242 e. The largest absolute Gasteiger partial charge is 0.338 e. The molecule has 1 aromatic heterocycles. The molecule has 0 aromatic carbocycles. The fourth-order valence-corrected chi connectivity index (χ4v) is 1.93. The van der Waals surface area contributed by atoms with Crippen molar-refractivity contribution in [2.75, 3.05) is 6.54 Å². The highest BCUT2D eigenvalue weighted by Crippen LogP contribution is 2.16. The highest BCUT2D eigenvalue weighted by Gasteiger charge is 2.24. The van der Waals surface area contributed by atoms with Crippen molar-refractivity contribution in [2.24, 2.45) is 0 Å². The Labute approximate surface area is 83.5 Å². The SMILES string of the molecule is CC1CCCN1C(=O)Cn1ccnc1. The van der Waals surface area contributed by atoms with E-state index in [1.807, 2.05) is 15.7 Å². The van der Waals surface area contributed by atoms with E-state index in [2.05, 4.69) is 11.9 Å². The van der Waals surface area contributed by atoms with E-state index >= 15 is 0 Å². The van der Waals surface area contributed by atoms with E-state index in [9.17, 15) is 4.79 Å². The molecule has 76 valence electrons. The van der Waals surface area contributed by atoms with E-state index in [4.69, 9.17) is 0 Å². The molecular formula is C10H15N3O. The molecule has 1 atom stereocenters. The Balaban J connectivity index is 1.95. The summed E-state index contributed by atoms with van der Waals surface area (Å²) in [5, 5.41) is 0. The van der Waals surface area contributed by atoms with Crippen LogP contribution in [-0.4, -0.2) is 32.9 Å². The van der Waals surface area contributed by atoms with Crippen molar-refractivity contribution in [1.29, 1.82) is 0 Å². The molecule has 2 rings (SSSR count). The van der Waals surface area contributed by atoms with Crippen LogP contribution in [0.3, 0.4) is 0 Å². The summed E-state index contributed by atoms with van der Waals surface area (Å²) in [4.78, 5) is 17.7. The first kappa shape index (κ1) is 9.24. The van der Waals surface area contributed by atoms with Crippen LogP contribution >= 0.6 is 0 Å². The highest BCUT2D eigenvalue weighted by atomic mass is 16.2. The topological polar surface area (TPSA) is 38.1 Å². The summed E-state index contributed by atoms with van der Waals surface area (Å²) >= 11 is 0. The molecule has 4 heteroatoms. The molecule has 0 radical (unpaired) electrons. The molecule has 1 unspecified atom stereocenters. The molecule has 14 heavy (non-hydrogen) atoms. The van der Waals surface area contributed by atoms with E-state index in [1.165, 1.54) is 0 Å². The monoisotopic (exact) mass is 193 g/mol. The van der Waals surface area contributed by atoms with Gasteiger partial charge in [0.05, 0.1) is 6.33 Å². The molecule has 2 heterocycles. The number of likely N-dealkylation sites (tertiary alicyclic amines) is 1. The lowest BCUT2D eigenvalue weighted by atomic mass is 10.2. The summed E-state index contributed by atoms with van der Waals surface area (Å²) in [5.41, 5.74) is 0. The summed E-state index contributed by atoms with van der Waals surface area (Å²) < 4.78 is 1.81. The normalized spacial score (nSPS) is 21.5. The lowest BCUT2D eigenvalue weighted by Crippen LogP contribution is -2.35. The molecule has 0 aliphatic carbocycles. The van der Waals surface area contributed by atoms with Gasteiger partial charge in [0.25, 0.3) is 0 Å².